The summed E-state index contributed by atoms with van der Waals surface area (Å²) in [4.78, 5) is 23.0. The van der Waals surface area contributed by atoms with Crippen LogP contribution in [0.15, 0.2) is 15.3 Å². The van der Waals surface area contributed by atoms with Crippen LogP contribution >= 0.6 is 0 Å². The van der Waals surface area contributed by atoms with E-state index in [2.05, 4.69) is 15.1 Å². The summed E-state index contributed by atoms with van der Waals surface area (Å²) in [6, 6.07) is 0. The Kier molecular flexibility index (Phi) is 4.45. The molecule has 0 saturated carbocycles. The maximum atomic E-state index is 12.7. The van der Waals surface area contributed by atoms with Crippen LogP contribution in [-0.2, 0) is 6.42 Å². The van der Waals surface area contributed by atoms with Gasteiger partial charge in [0, 0.05) is 31.3 Å². The average molecular weight is 318 g/mol. The number of likely N-dealkylation sites (tertiary alicyclic amines) is 1. The number of carbonyl (C=O) groups is 1. The monoisotopic (exact) mass is 318 g/mol. The van der Waals surface area contributed by atoms with E-state index in [1.54, 1.807) is 0 Å². The Bertz CT molecular complexity index is 676. The van der Waals surface area contributed by atoms with Gasteiger partial charge in [-0.1, -0.05) is 25.9 Å². The van der Waals surface area contributed by atoms with Gasteiger partial charge in [0.15, 0.2) is 17.9 Å². The molecule has 2 aromatic heterocycles. The van der Waals surface area contributed by atoms with E-state index in [0.717, 1.165) is 19.4 Å². The van der Waals surface area contributed by atoms with Crippen molar-refractivity contribution in [3.05, 3.63) is 29.6 Å². The molecule has 1 saturated heterocycles. The van der Waals surface area contributed by atoms with Crippen LogP contribution in [0.5, 0.6) is 0 Å². The molecular formula is C16H22N4O3. The topological polar surface area (TPSA) is 85.3 Å². The Labute approximate surface area is 135 Å². The smallest absolute Gasteiger partial charge is 0.276 e. The Morgan fingerprint density at radius 3 is 3.00 bits per heavy atom. The molecule has 1 amide bonds. The first kappa shape index (κ1) is 15.7. The quantitative estimate of drug-likeness (QED) is 0.861. The van der Waals surface area contributed by atoms with Crippen LogP contribution in [0.3, 0.4) is 0 Å². The summed E-state index contributed by atoms with van der Waals surface area (Å²) in [5.74, 6) is 2.22. The lowest BCUT2D eigenvalue weighted by molar-refractivity contribution is 0.0696. The predicted molar refractivity (Wildman–Crippen MR) is 82.1 cm³/mol. The first-order chi connectivity index (χ1) is 11.1. The zero-order valence-corrected chi connectivity index (χ0v) is 13.8. The minimum absolute atomic E-state index is 0.0760. The molecule has 0 aromatic carbocycles. The Morgan fingerprint density at radius 2 is 2.30 bits per heavy atom. The van der Waals surface area contributed by atoms with Crippen molar-refractivity contribution < 1.29 is 13.7 Å². The largest absolute Gasteiger partial charge is 0.448 e. The van der Waals surface area contributed by atoms with Gasteiger partial charge in [0.1, 0.15) is 5.76 Å². The fourth-order valence-electron chi connectivity index (χ4n) is 2.87. The Hall–Kier alpha value is -2.18. The molecule has 23 heavy (non-hydrogen) atoms. The number of aromatic nitrogens is 3. The molecule has 7 heteroatoms. The highest BCUT2D eigenvalue weighted by atomic mass is 16.5. The van der Waals surface area contributed by atoms with Gasteiger partial charge in [-0.2, -0.15) is 4.98 Å². The highest BCUT2D eigenvalue weighted by molar-refractivity contribution is 5.93. The third-order valence-electron chi connectivity index (χ3n) is 4.19. The second-order valence-electron chi connectivity index (χ2n) is 6.21. The van der Waals surface area contributed by atoms with Crippen LogP contribution < -0.4 is 0 Å². The lowest BCUT2D eigenvalue weighted by Crippen LogP contribution is -2.39. The number of nitrogens with zero attached hydrogens (tertiary/aromatic N) is 4. The molecule has 7 nitrogen and oxygen atoms in total. The number of piperidine rings is 1. The molecular weight excluding hydrogens is 296 g/mol. The van der Waals surface area contributed by atoms with Crippen molar-refractivity contribution >= 4 is 5.91 Å². The minimum atomic E-state index is -0.0760. The molecule has 0 radical (unpaired) electrons. The van der Waals surface area contributed by atoms with E-state index < -0.39 is 0 Å². The van der Waals surface area contributed by atoms with Gasteiger partial charge in [-0.3, -0.25) is 4.79 Å². The molecule has 1 fully saturated rings. The van der Waals surface area contributed by atoms with E-state index in [9.17, 15) is 4.79 Å². The summed E-state index contributed by atoms with van der Waals surface area (Å²) < 4.78 is 10.6. The molecule has 124 valence electrons. The molecule has 0 aliphatic carbocycles. The van der Waals surface area contributed by atoms with Crippen LogP contribution in [0.2, 0.25) is 0 Å². The summed E-state index contributed by atoms with van der Waals surface area (Å²) in [6.07, 6.45) is 3.87. The van der Waals surface area contributed by atoms with Gasteiger partial charge >= 0.3 is 0 Å². The molecule has 0 spiro atoms. The molecule has 1 aliphatic heterocycles. The maximum absolute atomic E-state index is 12.7. The van der Waals surface area contributed by atoms with Crippen LogP contribution in [0.4, 0.5) is 0 Å². The number of rotatable bonds is 4. The summed E-state index contributed by atoms with van der Waals surface area (Å²) in [6.45, 7) is 7.30. The predicted octanol–water partition coefficient (Wildman–Crippen LogP) is 2.76. The maximum Gasteiger partial charge on any atom is 0.276 e. The van der Waals surface area contributed by atoms with E-state index in [-0.39, 0.29) is 17.7 Å². The lowest BCUT2D eigenvalue weighted by atomic mass is 9.97. The standard InChI is InChI=1S/C16H22N4O3/c1-4-12-13(17-9-22-12)16(21)20-7-5-6-11(8-20)14-18-15(10(2)3)23-19-14/h9-11H,4-8H2,1-3H3/t11-/m0/s1. The van der Waals surface area contributed by atoms with Crippen LogP contribution in [0, 0.1) is 0 Å². The zero-order valence-electron chi connectivity index (χ0n) is 13.8. The van der Waals surface area contributed by atoms with Gasteiger partial charge in [-0.15, -0.1) is 0 Å². The normalized spacial score (nSPS) is 18.6. The molecule has 1 aliphatic rings. The average Bonchev–Trinajstić information content (AvgIpc) is 3.23. The Morgan fingerprint density at radius 1 is 1.48 bits per heavy atom. The number of oxazole rings is 1. The Balaban J connectivity index is 1.74. The van der Waals surface area contributed by atoms with Crippen LogP contribution in [0.25, 0.3) is 0 Å². The van der Waals surface area contributed by atoms with E-state index in [1.807, 2.05) is 25.7 Å². The van der Waals surface area contributed by atoms with Gasteiger partial charge in [0.2, 0.25) is 5.89 Å². The molecule has 1 atom stereocenters. The third-order valence-corrected chi connectivity index (χ3v) is 4.19. The highest BCUT2D eigenvalue weighted by Crippen LogP contribution is 2.27. The minimum Gasteiger partial charge on any atom is -0.448 e. The zero-order chi connectivity index (χ0) is 16.4. The van der Waals surface area contributed by atoms with Crippen molar-refractivity contribution in [3.8, 4) is 0 Å². The van der Waals surface area contributed by atoms with Crippen molar-refractivity contribution in [1.82, 2.24) is 20.0 Å². The fraction of sp³-hybridized carbons (Fsp3) is 0.625. The molecule has 3 heterocycles. The molecule has 0 unspecified atom stereocenters. The molecule has 3 rings (SSSR count). The SMILES string of the molecule is CCc1ocnc1C(=O)N1CCC[C@H](c2noc(C(C)C)n2)C1. The second-order valence-corrected chi connectivity index (χ2v) is 6.21. The van der Waals surface area contributed by atoms with Gasteiger partial charge in [-0.25, -0.2) is 4.98 Å². The summed E-state index contributed by atoms with van der Waals surface area (Å²) in [5.41, 5.74) is 0.420. The first-order valence-corrected chi connectivity index (χ1v) is 8.15. The number of amides is 1. The second kappa shape index (κ2) is 6.52. The van der Waals surface area contributed by atoms with Crippen LogP contribution in [-0.4, -0.2) is 39.0 Å². The van der Waals surface area contributed by atoms with Gasteiger partial charge < -0.3 is 13.8 Å². The summed E-state index contributed by atoms with van der Waals surface area (Å²) >= 11 is 0. The summed E-state index contributed by atoms with van der Waals surface area (Å²) in [5, 5.41) is 4.09. The van der Waals surface area contributed by atoms with Gasteiger partial charge in [-0.05, 0) is 12.8 Å². The number of hydrogen-bond donors (Lipinski definition) is 0. The van der Waals surface area contributed by atoms with Gasteiger partial charge in [0.05, 0.1) is 0 Å². The molecule has 0 N–H and O–H groups in total. The van der Waals surface area contributed by atoms with E-state index >= 15 is 0 Å². The molecule has 2 aromatic rings. The fourth-order valence-corrected chi connectivity index (χ4v) is 2.87. The van der Waals surface area contributed by atoms with E-state index in [0.29, 0.717) is 36.1 Å². The van der Waals surface area contributed by atoms with Crippen molar-refractivity contribution in [2.24, 2.45) is 0 Å². The number of carbonyl (C=O) groups excluding carboxylic acids is 1. The lowest BCUT2D eigenvalue weighted by Gasteiger charge is -2.30. The van der Waals surface area contributed by atoms with Crippen molar-refractivity contribution in [3.63, 3.8) is 0 Å². The van der Waals surface area contributed by atoms with Crippen molar-refractivity contribution in [2.45, 2.75) is 51.9 Å². The number of hydrogen-bond acceptors (Lipinski definition) is 6. The van der Waals surface area contributed by atoms with Crippen molar-refractivity contribution in [2.75, 3.05) is 13.1 Å². The van der Waals surface area contributed by atoms with E-state index in [4.69, 9.17) is 8.94 Å². The van der Waals surface area contributed by atoms with Gasteiger partial charge in [0.25, 0.3) is 5.91 Å². The third kappa shape index (κ3) is 3.13. The van der Waals surface area contributed by atoms with Crippen molar-refractivity contribution in [1.29, 1.82) is 0 Å². The number of aryl methyl sites for hydroxylation is 1. The molecule has 0 bridgehead atoms. The summed E-state index contributed by atoms with van der Waals surface area (Å²) in [7, 11) is 0. The first-order valence-electron chi connectivity index (χ1n) is 8.15. The van der Waals surface area contributed by atoms with E-state index in [1.165, 1.54) is 6.39 Å². The highest BCUT2D eigenvalue weighted by Gasteiger charge is 2.30. The van der Waals surface area contributed by atoms with Crippen LogP contribution in [0.1, 0.15) is 73.4 Å².